The smallest absolute Gasteiger partial charge is 0.433 e. The number of hydrogen-bond acceptors (Lipinski definition) is 5. The largest absolute Gasteiger partial charge is 0.433 e. The average Bonchev–Trinajstić information content (AvgIpc) is 2.96. The number of imidazole rings is 1. The summed E-state index contributed by atoms with van der Waals surface area (Å²) in [5, 5.41) is 0. The van der Waals surface area contributed by atoms with Crippen molar-refractivity contribution < 1.29 is 35.1 Å². The van der Waals surface area contributed by atoms with Gasteiger partial charge in [-0.3, -0.25) is 0 Å². The zero-order valence-electron chi connectivity index (χ0n) is 16.0. The number of hydrogen-bond donors (Lipinski definition) is 0. The number of fused-ring (bicyclic) bond motifs is 1. The highest BCUT2D eigenvalue weighted by Gasteiger charge is 2.33. The molecule has 0 aliphatic carbocycles. The Morgan fingerprint density at radius 1 is 1.13 bits per heavy atom. The molecule has 0 saturated carbocycles. The van der Waals surface area contributed by atoms with E-state index in [-0.39, 0.29) is 38.8 Å². The number of rotatable bonds is 5. The van der Waals surface area contributed by atoms with Gasteiger partial charge in [-0.15, -0.1) is 0 Å². The zero-order valence-corrected chi connectivity index (χ0v) is 16.8. The molecule has 1 aromatic carbocycles. The van der Waals surface area contributed by atoms with Gasteiger partial charge in [0.15, 0.2) is 9.84 Å². The van der Waals surface area contributed by atoms with E-state index in [1.807, 2.05) is 0 Å². The molecule has 0 fully saturated rings. The molecular formula is C18H16F5N3O3S. The highest BCUT2D eigenvalue weighted by molar-refractivity contribution is 7.91. The van der Waals surface area contributed by atoms with Gasteiger partial charge in [-0.1, -0.05) is 6.92 Å². The summed E-state index contributed by atoms with van der Waals surface area (Å²) >= 11 is 0. The molecule has 6 nitrogen and oxygen atoms in total. The maximum atomic E-state index is 13.2. The van der Waals surface area contributed by atoms with E-state index in [1.165, 1.54) is 24.6 Å². The Bertz CT molecular complexity index is 1210. The second kappa shape index (κ2) is 7.18. The maximum Gasteiger partial charge on any atom is 0.433 e. The average molecular weight is 449 g/mol. The first-order chi connectivity index (χ1) is 13.7. The number of sulfone groups is 1. The molecule has 0 saturated heterocycles. The van der Waals surface area contributed by atoms with Crippen molar-refractivity contribution in [1.29, 1.82) is 0 Å². The van der Waals surface area contributed by atoms with Gasteiger partial charge in [0.1, 0.15) is 17.3 Å². The summed E-state index contributed by atoms with van der Waals surface area (Å²) in [6.07, 6.45) is -7.23. The molecular weight excluding hydrogens is 433 g/mol. The van der Waals surface area contributed by atoms with E-state index in [0.29, 0.717) is 6.92 Å². The highest BCUT2D eigenvalue weighted by Crippen LogP contribution is 2.35. The van der Waals surface area contributed by atoms with E-state index in [1.54, 1.807) is 0 Å². The number of pyridine rings is 1. The van der Waals surface area contributed by atoms with Crippen molar-refractivity contribution in [2.45, 2.75) is 31.0 Å². The van der Waals surface area contributed by atoms with Gasteiger partial charge in [-0.25, -0.2) is 18.4 Å². The summed E-state index contributed by atoms with van der Waals surface area (Å²) in [4.78, 5) is 7.19. The van der Waals surface area contributed by atoms with Crippen LogP contribution in [0, 0.1) is 0 Å². The Hall–Kier alpha value is -2.76. The van der Waals surface area contributed by atoms with Gasteiger partial charge >= 0.3 is 12.3 Å². The second-order valence-electron chi connectivity index (χ2n) is 6.52. The van der Waals surface area contributed by atoms with Crippen LogP contribution in [-0.4, -0.2) is 34.8 Å². The molecule has 0 unspecified atom stereocenters. The van der Waals surface area contributed by atoms with Gasteiger partial charge in [-0.2, -0.15) is 22.0 Å². The summed E-state index contributed by atoms with van der Waals surface area (Å²) in [5.74, 6) is -0.679. The predicted octanol–water partition coefficient (Wildman–Crippen LogP) is 4.44. The number of aromatic nitrogens is 3. The summed E-state index contributed by atoms with van der Waals surface area (Å²) in [6, 6.07) is 4.06. The van der Waals surface area contributed by atoms with Crippen LogP contribution in [0.4, 0.5) is 22.0 Å². The Kier molecular flexibility index (Phi) is 5.25. The Morgan fingerprint density at radius 2 is 1.80 bits per heavy atom. The highest BCUT2D eigenvalue weighted by atomic mass is 32.2. The minimum Gasteiger partial charge on any atom is -0.433 e. The first-order valence-corrected chi connectivity index (χ1v) is 10.2. The van der Waals surface area contributed by atoms with Gasteiger partial charge < -0.3 is 9.30 Å². The molecule has 0 aliphatic rings. The standard InChI is InChI=1S/C18H16F5N3O3S/c1-4-30(27,28)14-7-10(29-17(2,19)20)5-6-11(14)16-25-12-8-15(18(21,22)23)24-9-13(12)26(16)3/h5-9H,4H2,1-3H3. The lowest BCUT2D eigenvalue weighted by Gasteiger charge is -2.16. The fraction of sp³-hybridized carbons (Fsp3) is 0.333. The number of ether oxygens (including phenoxy) is 1. The molecule has 2 heterocycles. The van der Waals surface area contributed by atoms with Crippen molar-refractivity contribution in [3.63, 3.8) is 0 Å². The van der Waals surface area contributed by atoms with Crippen molar-refractivity contribution in [2.24, 2.45) is 7.05 Å². The normalized spacial score (nSPS) is 13.1. The summed E-state index contributed by atoms with van der Waals surface area (Å²) in [6.45, 7) is 1.88. The van der Waals surface area contributed by atoms with Crippen molar-refractivity contribution in [2.75, 3.05) is 5.75 Å². The van der Waals surface area contributed by atoms with Crippen molar-refractivity contribution in [1.82, 2.24) is 14.5 Å². The van der Waals surface area contributed by atoms with Crippen LogP contribution in [0.2, 0.25) is 0 Å². The minimum atomic E-state index is -4.67. The lowest BCUT2D eigenvalue weighted by Crippen LogP contribution is -2.19. The number of alkyl halides is 5. The van der Waals surface area contributed by atoms with Crippen LogP contribution in [0.3, 0.4) is 0 Å². The van der Waals surface area contributed by atoms with Crippen molar-refractivity contribution in [3.05, 3.63) is 36.2 Å². The van der Waals surface area contributed by atoms with E-state index in [4.69, 9.17) is 0 Å². The molecule has 0 atom stereocenters. The lowest BCUT2D eigenvalue weighted by molar-refractivity contribution is -0.159. The fourth-order valence-electron chi connectivity index (χ4n) is 2.86. The molecule has 0 spiro atoms. The van der Waals surface area contributed by atoms with E-state index < -0.39 is 27.8 Å². The molecule has 3 aromatic rings. The number of halogens is 5. The molecule has 3 rings (SSSR count). The predicted molar refractivity (Wildman–Crippen MR) is 97.9 cm³/mol. The van der Waals surface area contributed by atoms with Gasteiger partial charge in [0.25, 0.3) is 0 Å². The SMILES string of the molecule is CCS(=O)(=O)c1cc(OC(C)(F)F)ccc1-c1nc2cc(C(F)(F)F)ncc2n1C. The first kappa shape index (κ1) is 21.9. The molecule has 0 aliphatic heterocycles. The zero-order chi connectivity index (χ0) is 22.5. The van der Waals surface area contributed by atoms with E-state index in [0.717, 1.165) is 24.4 Å². The Labute approximate surface area is 168 Å². The van der Waals surface area contributed by atoms with Crippen LogP contribution in [0.1, 0.15) is 19.5 Å². The monoisotopic (exact) mass is 449 g/mol. The molecule has 0 bridgehead atoms. The number of aryl methyl sites for hydroxylation is 1. The third-order valence-corrected chi connectivity index (χ3v) is 6.03. The molecule has 0 amide bonds. The molecule has 30 heavy (non-hydrogen) atoms. The third-order valence-electron chi connectivity index (χ3n) is 4.26. The number of benzene rings is 1. The second-order valence-corrected chi connectivity index (χ2v) is 8.77. The summed E-state index contributed by atoms with van der Waals surface area (Å²) in [5.41, 5.74) is -0.917. The minimum absolute atomic E-state index is 0.0351. The van der Waals surface area contributed by atoms with Gasteiger partial charge in [0, 0.05) is 19.5 Å². The molecule has 2 aromatic heterocycles. The lowest BCUT2D eigenvalue weighted by atomic mass is 10.2. The molecule has 162 valence electrons. The maximum absolute atomic E-state index is 13.2. The molecule has 0 N–H and O–H groups in total. The van der Waals surface area contributed by atoms with Crippen molar-refractivity contribution >= 4 is 20.9 Å². The quantitative estimate of drug-likeness (QED) is 0.539. The summed E-state index contributed by atoms with van der Waals surface area (Å²) < 4.78 is 96.2. The van der Waals surface area contributed by atoms with Crippen LogP contribution >= 0.6 is 0 Å². The number of nitrogens with zero attached hydrogens (tertiary/aromatic N) is 3. The van der Waals surface area contributed by atoms with Gasteiger partial charge in [0.05, 0.1) is 27.9 Å². The van der Waals surface area contributed by atoms with Gasteiger partial charge in [-0.05, 0) is 24.3 Å². The molecule has 0 radical (unpaired) electrons. The van der Waals surface area contributed by atoms with Crippen LogP contribution < -0.4 is 4.74 Å². The molecule has 12 heteroatoms. The van der Waals surface area contributed by atoms with Crippen LogP contribution in [-0.2, 0) is 23.1 Å². The van der Waals surface area contributed by atoms with Gasteiger partial charge in [0.2, 0.25) is 0 Å². The van der Waals surface area contributed by atoms with Crippen LogP contribution in [0.15, 0.2) is 35.4 Å². The first-order valence-electron chi connectivity index (χ1n) is 8.56. The van der Waals surface area contributed by atoms with Crippen LogP contribution in [0.25, 0.3) is 22.4 Å². The summed E-state index contributed by atoms with van der Waals surface area (Å²) in [7, 11) is -2.44. The van der Waals surface area contributed by atoms with Crippen molar-refractivity contribution in [3.8, 4) is 17.1 Å². The van der Waals surface area contributed by atoms with Crippen LogP contribution in [0.5, 0.6) is 5.75 Å². The Balaban J connectivity index is 2.24. The topological polar surface area (TPSA) is 74.1 Å². The van der Waals surface area contributed by atoms with E-state index in [9.17, 15) is 30.4 Å². The third kappa shape index (κ3) is 4.23. The van der Waals surface area contributed by atoms with E-state index >= 15 is 0 Å². The fourth-order valence-corrected chi connectivity index (χ4v) is 3.96. The Morgan fingerprint density at radius 3 is 2.37 bits per heavy atom. The van der Waals surface area contributed by atoms with E-state index in [2.05, 4.69) is 14.7 Å².